The van der Waals surface area contributed by atoms with Gasteiger partial charge in [0.2, 0.25) is 0 Å². The monoisotopic (exact) mass is 278 g/mol. The van der Waals surface area contributed by atoms with E-state index in [1.807, 2.05) is 6.07 Å². The predicted octanol–water partition coefficient (Wildman–Crippen LogP) is 4.13. The van der Waals surface area contributed by atoms with E-state index in [1.54, 1.807) is 0 Å². The van der Waals surface area contributed by atoms with Crippen LogP contribution in [-0.4, -0.2) is 23.1 Å². The Hall–Kier alpha value is -1.32. The van der Waals surface area contributed by atoms with Gasteiger partial charge < -0.3 is 10.6 Å². The van der Waals surface area contributed by atoms with Crippen molar-refractivity contribution in [3.05, 3.63) is 11.9 Å². The third-order valence-corrected chi connectivity index (χ3v) is 3.69. The van der Waals surface area contributed by atoms with E-state index in [2.05, 4.69) is 69.1 Å². The molecule has 2 N–H and O–H groups in total. The summed E-state index contributed by atoms with van der Waals surface area (Å²) in [5.41, 5.74) is 0.297. The van der Waals surface area contributed by atoms with Crippen molar-refractivity contribution in [1.29, 1.82) is 0 Å². The fourth-order valence-corrected chi connectivity index (χ4v) is 1.65. The average molecular weight is 278 g/mol. The van der Waals surface area contributed by atoms with E-state index in [0.29, 0.717) is 17.3 Å². The van der Waals surface area contributed by atoms with Gasteiger partial charge in [0.25, 0.3) is 0 Å². The lowest BCUT2D eigenvalue weighted by atomic mass is 9.82. The number of aromatic nitrogens is 2. The molecule has 1 unspecified atom stereocenters. The topological polar surface area (TPSA) is 49.8 Å². The quantitative estimate of drug-likeness (QED) is 0.821. The summed E-state index contributed by atoms with van der Waals surface area (Å²) < 4.78 is 0. The molecular formula is C16H30N4. The molecule has 20 heavy (non-hydrogen) atoms. The van der Waals surface area contributed by atoms with Crippen LogP contribution in [0.25, 0.3) is 0 Å². The molecule has 0 spiro atoms. The van der Waals surface area contributed by atoms with Crippen LogP contribution < -0.4 is 10.6 Å². The maximum Gasteiger partial charge on any atom is 0.135 e. The molecule has 1 rings (SSSR count). The maximum atomic E-state index is 4.61. The minimum atomic E-state index is 0.297. The largest absolute Gasteiger partial charge is 0.370 e. The molecule has 4 heteroatoms. The second kappa shape index (κ2) is 6.91. The van der Waals surface area contributed by atoms with Crippen molar-refractivity contribution >= 4 is 11.6 Å². The highest BCUT2D eigenvalue weighted by atomic mass is 15.1. The lowest BCUT2D eigenvalue weighted by molar-refractivity contribution is 0.274. The van der Waals surface area contributed by atoms with Gasteiger partial charge in [0, 0.05) is 25.1 Å². The van der Waals surface area contributed by atoms with E-state index >= 15 is 0 Å². The molecule has 1 heterocycles. The summed E-state index contributed by atoms with van der Waals surface area (Å²) in [6.07, 6.45) is 0. The van der Waals surface area contributed by atoms with E-state index in [9.17, 15) is 0 Å². The Balaban J connectivity index is 2.83. The number of hydrogen-bond acceptors (Lipinski definition) is 4. The molecule has 0 amide bonds. The Morgan fingerprint density at radius 3 is 2.05 bits per heavy atom. The molecule has 114 valence electrons. The van der Waals surface area contributed by atoms with Crippen LogP contribution in [0, 0.1) is 11.3 Å². The van der Waals surface area contributed by atoms with Gasteiger partial charge in [0.1, 0.15) is 17.5 Å². The Morgan fingerprint density at radius 1 is 1.05 bits per heavy atom. The van der Waals surface area contributed by atoms with Crippen LogP contribution in [-0.2, 0) is 0 Å². The van der Waals surface area contributed by atoms with Crippen LogP contribution >= 0.6 is 0 Å². The van der Waals surface area contributed by atoms with Crippen molar-refractivity contribution in [2.75, 3.05) is 23.7 Å². The fourth-order valence-electron chi connectivity index (χ4n) is 1.65. The predicted molar refractivity (Wildman–Crippen MR) is 87.4 cm³/mol. The van der Waals surface area contributed by atoms with Gasteiger partial charge in [-0.3, -0.25) is 0 Å². The first-order valence-corrected chi connectivity index (χ1v) is 7.60. The van der Waals surface area contributed by atoms with Crippen molar-refractivity contribution in [2.24, 2.45) is 11.3 Å². The third kappa shape index (κ3) is 4.99. The van der Waals surface area contributed by atoms with Gasteiger partial charge in [-0.05, 0) is 18.3 Å². The molecule has 0 aliphatic heterocycles. The number of nitrogens with one attached hydrogen (secondary N) is 2. The van der Waals surface area contributed by atoms with E-state index in [0.717, 1.165) is 30.5 Å². The van der Waals surface area contributed by atoms with E-state index in [1.165, 1.54) is 0 Å². The number of hydrogen-bond donors (Lipinski definition) is 2. The molecule has 1 aromatic heterocycles. The highest BCUT2D eigenvalue weighted by Gasteiger charge is 2.19. The molecule has 0 saturated carbocycles. The molecule has 4 nitrogen and oxygen atoms in total. The highest BCUT2D eigenvalue weighted by molar-refractivity contribution is 5.47. The second-order valence-corrected chi connectivity index (χ2v) is 6.83. The number of rotatable bonds is 6. The van der Waals surface area contributed by atoms with Gasteiger partial charge in [-0.25, -0.2) is 9.97 Å². The van der Waals surface area contributed by atoms with Gasteiger partial charge in [-0.2, -0.15) is 0 Å². The summed E-state index contributed by atoms with van der Waals surface area (Å²) in [6.45, 7) is 17.2. The van der Waals surface area contributed by atoms with Gasteiger partial charge in [-0.1, -0.05) is 41.5 Å². The van der Waals surface area contributed by atoms with Gasteiger partial charge in [0.15, 0.2) is 0 Å². The van der Waals surface area contributed by atoms with Gasteiger partial charge in [0.05, 0.1) is 0 Å². The lowest BCUT2D eigenvalue weighted by Gasteiger charge is -2.27. The van der Waals surface area contributed by atoms with Crippen molar-refractivity contribution in [3.8, 4) is 0 Å². The molecular weight excluding hydrogens is 248 g/mol. The molecule has 0 radical (unpaired) electrons. The number of anilines is 2. The van der Waals surface area contributed by atoms with E-state index in [4.69, 9.17) is 0 Å². The SMILES string of the molecule is CCNc1cc(NCC(C)C(C)(C)C)nc(C(C)C)n1. The molecule has 1 atom stereocenters. The van der Waals surface area contributed by atoms with Crippen LogP contribution in [0.1, 0.15) is 60.2 Å². The fraction of sp³-hybridized carbons (Fsp3) is 0.750. The first-order chi connectivity index (χ1) is 9.24. The summed E-state index contributed by atoms with van der Waals surface area (Å²) in [6, 6.07) is 1.99. The van der Waals surface area contributed by atoms with Crippen LogP contribution in [0.5, 0.6) is 0 Å². The summed E-state index contributed by atoms with van der Waals surface area (Å²) in [5, 5.41) is 6.72. The van der Waals surface area contributed by atoms with E-state index in [-0.39, 0.29) is 0 Å². The third-order valence-electron chi connectivity index (χ3n) is 3.69. The molecule has 0 aromatic carbocycles. The Kier molecular flexibility index (Phi) is 5.78. The zero-order chi connectivity index (χ0) is 15.3. The molecule has 0 saturated heterocycles. The molecule has 1 aromatic rings. The number of nitrogens with zero attached hydrogens (tertiary/aromatic N) is 2. The maximum absolute atomic E-state index is 4.61. The Bertz CT molecular complexity index is 421. The highest BCUT2D eigenvalue weighted by Crippen LogP contribution is 2.25. The van der Waals surface area contributed by atoms with Crippen LogP contribution in [0.15, 0.2) is 6.07 Å². The first-order valence-electron chi connectivity index (χ1n) is 7.60. The van der Waals surface area contributed by atoms with Crippen molar-refractivity contribution in [1.82, 2.24) is 9.97 Å². The van der Waals surface area contributed by atoms with Crippen molar-refractivity contribution in [3.63, 3.8) is 0 Å². The summed E-state index contributed by atoms with van der Waals surface area (Å²) in [5.74, 6) is 3.60. The molecule has 0 fully saturated rings. The van der Waals surface area contributed by atoms with Crippen LogP contribution in [0.3, 0.4) is 0 Å². The van der Waals surface area contributed by atoms with Crippen LogP contribution in [0.4, 0.5) is 11.6 Å². The normalized spacial score (nSPS) is 13.4. The summed E-state index contributed by atoms with van der Waals surface area (Å²) in [4.78, 5) is 9.14. The van der Waals surface area contributed by atoms with Gasteiger partial charge in [-0.15, -0.1) is 0 Å². The zero-order valence-corrected chi connectivity index (χ0v) is 14.0. The summed E-state index contributed by atoms with van der Waals surface area (Å²) >= 11 is 0. The standard InChI is InChI=1S/C16H30N4/c1-8-17-13-9-14(20-15(19-13)11(2)3)18-10-12(4)16(5,6)7/h9,11-12H,8,10H2,1-7H3,(H2,17,18,19,20). The average Bonchev–Trinajstić information content (AvgIpc) is 2.34. The molecule has 0 aliphatic rings. The van der Waals surface area contributed by atoms with Gasteiger partial charge >= 0.3 is 0 Å². The van der Waals surface area contributed by atoms with Crippen molar-refractivity contribution < 1.29 is 0 Å². The Morgan fingerprint density at radius 2 is 1.60 bits per heavy atom. The second-order valence-electron chi connectivity index (χ2n) is 6.83. The molecule has 0 aliphatic carbocycles. The first kappa shape index (κ1) is 16.7. The zero-order valence-electron chi connectivity index (χ0n) is 14.0. The lowest BCUT2D eigenvalue weighted by Crippen LogP contribution is -2.25. The minimum absolute atomic E-state index is 0.297. The Labute approximate surface area is 123 Å². The smallest absolute Gasteiger partial charge is 0.135 e. The van der Waals surface area contributed by atoms with Crippen molar-refractivity contribution in [2.45, 2.75) is 54.4 Å². The van der Waals surface area contributed by atoms with Crippen LogP contribution in [0.2, 0.25) is 0 Å². The van der Waals surface area contributed by atoms with E-state index < -0.39 is 0 Å². The molecule has 0 bridgehead atoms. The minimum Gasteiger partial charge on any atom is -0.370 e. The summed E-state index contributed by atoms with van der Waals surface area (Å²) in [7, 11) is 0.